The molecule has 0 heterocycles. The second-order valence-electron chi connectivity index (χ2n) is 7.44. The molecule has 0 aliphatic heterocycles. The fourth-order valence-electron chi connectivity index (χ4n) is 3.91. The third kappa shape index (κ3) is 3.06. The molecule has 2 aliphatic rings. The van der Waals surface area contributed by atoms with Crippen LogP contribution in [0.1, 0.15) is 52.4 Å². The molecule has 2 aliphatic carbocycles. The fourth-order valence-corrected chi connectivity index (χ4v) is 3.91. The van der Waals surface area contributed by atoms with Crippen molar-refractivity contribution in [2.45, 2.75) is 64.0 Å². The van der Waals surface area contributed by atoms with Gasteiger partial charge < -0.3 is 15.7 Å². The smallest absolute Gasteiger partial charge is 0.0774 e. The quantitative estimate of drug-likeness (QED) is 0.806. The summed E-state index contributed by atoms with van der Waals surface area (Å²) in [7, 11) is 2.13. The van der Waals surface area contributed by atoms with Crippen LogP contribution < -0.4 is 5.73 Å². The third-order valence-corrected chi connectivity index (χ3v) is 5.21. The van der Waals surface area contributed by atoms with Gasteiger partial charge in [0.15, 0.2) is 0 Å². The predicted molar refractivity (Wildman–Crippen MR) is 75.4 cm³/mol. The van der Waals surface area contributed by atoms with Crippen LogP contribution in [0.4, 0.5) is 0 Å². The number of nitrogens with zero attached hydrogens (tertiary/aromatic N) is 1. The zero-order chi connectivity index (χ0) is 13.4. The molecule has 3 N–H and O–H groups in total. The summed E-state index contributed by atoms with van der Waals surface area (Å²) in [4.78, 5) is 2.30. The average molecular weight is 254 g/mol. The van der Waals surface area contributed by atoms with Crippen molar-refractivity contribution in [1.82, 2.24) is 4.90 Å². The Bertz CT molecular complexity index is 284. The lowest BCUT2D eigenvalue weighted by molar-refractivity contribution is 0.0121. The molecule has 2 saturated carbocycles. The van der Waals surface area contributed by atoms with Crippen molar-refractivity contribution in [2.75, 3.05) is 20.1 Å². The minimum Gasteiger partial charge on any atom is -0.389 e. The number of hydrogen-bond donors (Lipinski definition) is 2. The van der Waals surface area contributed by atoms with Crippen LogP contribution >= 0.6 is 0 Å². The molecule has 2 unspecified atom stereocenters. The monoisotopic (exact) mass is 254 g/mol. The van der Waals surface area contributed by atoms with Crippen LogP contribution in [0.25, 0.3) is 0 Å². The zero-order valence-electron chi connectivity index (χ0n) is 12.3. The molecule has 2 fully saturated rings. The van der Waals surface area contributed by atoms with Crippen molar-refractivity contribution >= 4 is 0 Å². The molecule has 0 spiro atoms. The van der Waals surface area contributed by atoms with Crippen molar-refractivity contribution in [3.63, 3.8) is 0 Å². The summed E-state index contributed by atoms with van der Waals surface area (Å²) in [6.07, 6.45) is 6.77. The summed E-state index contributed by atoms with van der Waals surface area (Å²) in [6.45, 7) is 6.41. The number of hydrogen-bond acceptors (Lipinski definition) is 3. The summed E-state index contributed by atoms with van der Waals surface area (Å²) in [5.74, 6) is 0.593. The molecule has 18 heavy (non-hydrogen) atoms. The maximum Gasteiger partial charge on any atom is 0.0774 e. The van der Waals surface area contributed by atoms with Gasteiger partial charge in [0.2, 0.25) is 0 Å². The molecule has 0 saturated heterocycles. The SMILES string of the molecule is CN(CC1CCC(C)(C)C1N)CC1(O)CCCC1. The van der Waals surface area contributed by atoms with Crippen LogP contribution in [0.2, 0.25) is 0 Å². The normalized spacial score (nSPS) is 34.3. The highest BCUT2D eigenvalue weighted by Crippen LogP contribution is 2.40. The Labute approximate surface area is 112 Å². The van der Waals surface area contributed by atoms with Crippen molar-refractivity contribution in [2.24, 2.45) is 17.1 Å². The van der Waals surface area contributed by atoms with Crippen LogP contribution in [0.5, 0.6) is 0 Å². The van der Waals surface area contributed by atoms with E-state index in [-0.39, 0.29) is 5.41 Å². The molecule has 0 aromatic heterocycles. The Balaban J connectivity index is 1.83. The van der Waals surface area contributed by atoms with Crippen molar-refractivity contribution in [3.05, 3.63) is 0 Å². The number of likely N-dealkylation sites (N-methyl/N-ethyl adjacent to an activating group) is 1. The third-order valence-electron chi connectivity index (χ3n) is 5.21. The average Bonchev–Trinajstić information content (AvgIpc) is 2.78. The van der Waals surface area contributed by atoms with E-state index in [1.807, 2.05) is 0 Å². The first-order valence-corrected chi connectivity index (χ1v) is 7.49. The van der Waals surface area contributed by atoms with Gasteiger partial charge >= 0.3 is 0 Å². The van der Waals surface area contributed by atoms with Crippen LogP contribution in [0.3, 0.4) is 0 Å². The highest BCUT2D eigenvalue weighted by molar-refractivity contribution is 4.95. The molecule has 2 rings (SSSR count). The Morgan fingerprint density at radius 3 is 2.33 bits per heavy atom. The van der Waals surface area contributed by atoms with Crippen LogP contribution in [0, 0.1) is 11.3 Å². The van der Waals surface area contributed by atoms with Gasteiger partial charge in [0.25, 0.3) is 0 Å². The summed E-state index contributed by atoms with van der Waals surface area (Å²) in [6, 6.07) is 0.304. The summed E-state index contributed by atoms with van der Waals surface area (Å²) in [5, 5.41) is 10.4. The van der Waals surface area contributed by atoms with Crippen LogP contribution in [-0.2, 0) is 0 Å². The molecule has 3 heteroatoms. The fraction of sp³-hybridized carbons (Fsp3) is 1.00. The van der Waals surface area contributed by atoms with E-state index in [2.05, 4.69) is 25.8 Å². The topological polar surface area (TPSA) is 49.5 Å². The maximum atomic E-state index is 10.4. The molecule has 3 nitrogen and oxygen atoms in total. The van der Waals surface area contributed by atoms with E-state index in [9.17, 15) is 5.11 Å². The lowest BCUT2D eigenvalue weighted by atomic mass is 9.85. The van der Waals surface area contributed by atoms with Gasteiger partial charge in [-0.1, -0.05) is 26.7 Å². The number of aliphatic hydroxyl groups is 1. The first-order chi connectivity index (χ1) is 8.32. The van der Waals surface area contributed by atoms with Gasteiger partial charge in [-0.05, 0) is 44.1 Å². The van der Waals surface area contributed by atoms with E-state index >= 15 is 0 Å². The largest absolute Gasteiger partial charge is 0.389 e. The maximum absolute atomic E-state index is 10.4. The molecule has 2 atom stereocenters. The molecular weight excluding hydrogens is 224 g/mol. The van der Waals surface area contributed by atoms with E-state index < -0.39 is 5.60 Å². The minimum atomic E-state index is -0.424. The second-order valence-corrected chi connectivity index (χ2v) is 7.44. The molecule has 0 amide bonds. The van der Waals surface area contributed by atoms with Crippen LogP contribution in [-0.4, -0.2) is 41.8 Å². The zero-order valence-corrected chi connectivity index (χ0v) is 12.3. The molecule has 0 bridgehead atoms. The molecule has 0 aromatic carbocycles. The van der Waals surface area contributed by atoms with Crippen LogP contribution in [0.15, 0.2) is 0 Å². The molecule has 0 radical (unpaired) electrons. The van der Waals surface area contributed by atoms with E-state index in [0.717, 1.165) is 25.9 Å². The van der Waals surface area contributed by atoms with E-state index in [4.69, 9.17) is 5.73 Å². The highest BCUT2D eigenvalue weighted by atomic mass is 16.3. The minimum absolute atomic E-state index is 0.287. The number of nitrogens with two attached hydrogens (primary N) is 1. The molecule has 0 aromatic rings. The number of rotatable bonds is 4. The van der Waals surface area contributed by atoms with Gasteiger partial charge in [0.1, 0.15) is 0 Å². The Morgan fingerprint density at radius 1 is 1.22 bits per heavy atom. The summed E-state index contributed by atoms with van der Waals surface area (Å²) in [5.41, 5.74) is 6.22. The van der Waals surface area contributed by atoms with Crippen molar-refractivity contribution in [1.29, 1.82) is 0 Å². The van der Waals surface area contributed by atoms with E-state index in [0.29, 0.717) is 12.0 Å². The summed E-state index contributed by atoms with van der Waals surface area (Å²) < 4.78 is 0. The molecular formula is C15H30N2O. The molecule has 106 valence electrons. The standard InChI is InChI=1S/C15H30N2O/c1-14(2)9-6-12(13(14)16)10-17(3)11-15(18)7-4-5-8-15/h12-13,18H,4-11,16H2,1-3H3. The van der Waals surface area contributed by atoms with Gasteiger partial charge in [0.05, 0.1) is 5.60 Å². The van der Waals surface area contributed by atoms with Gasteiger partial charge in [-0.25, -0.2) is 0 Å². The van der Waals surface area contributed by atoms with Gasteiger partial charge in [-0.3, -0.25) is 0 Å². The Hall–Kier alpha value is -0.120. The lowest BCUT2D eigenvalue weighted by Crippen LogP contribution is -2.45. The lowest BCUT2D eigenvalue weighted by Gasteiger charge is -2.33. The van der Waals surface area contributed by atoms with Gasteiger partial charge in [0, 0.05) is 19.1 Å². The Kier molecular flexibility index (Phi) is 4.05. The first kappa shape index (κ1) is 14.3. The van der Waals surface area contributed by atoms with E-state index in [1.54, 1.807) is 0 Å². The predicted octanol–water partition coefficient (Wildman–Crippen LogP) is 1.99. The van der Waals surface area contributed by atoms with Gasteiger partial charge in [-0.2, -0.15) is 0 Å². The first-order valence-electron chi connectivity index (χ1n) is 7.49. The Morgan fingerprint density at radius 2 is 1.83 bits per heavy atom. The van der Waals surface area contributed by atoms with Gasteiger partial charge in [-0.15, -0.1) is 0 Å². The second kappa shape index (κ2) is 5.10. The summed E-state index contributed by atoms with van der Waals surface area (Å²) >= 11 is 0. The van der Waals surface area contributed by atoms with E-state index in [1.165, 1.54) is 25.7 Å². The highest BCUT2D eigenvalue weighted by Gasteiger charge is 2.40. The van der Waals surface area contributed by atoms with Crippen molar-refractivity contribution in [3.8, 4) is 0 Å². The van der Waals surface area contributed by atoms with Crippen molar-refractivity contribution < 1.29 is 5.11 Å².